The molecule has 6 heteroatoms. The second kappa shape index (κ2) is 7.69. The Morgan fingerprint density at radius 1 is 1.30 bits per heavy atom. The van der Waals surface area contributed by atoms with Crippen molar-refractivity contribution in [1.29, 1.82) is 0 Å². The Balaban J connectivity index is 2.00. The highest BCUT2D eigenvalue weighted by atomic mass is 16.6. The molecular formula is C17H20N2O4. The molecule has 2 rings (SSSR count). The van der Waals surface area contributed by atoms with Gasteiger partial charge in [-0.05, 0) is 32.9 Å². The first-order chi connectivity index (χ1) is 11.0. The van der Waals surface area contributed by atoms with Gasteiger partial charge in [0.2, 0.25) is 5.89 Å². The molecule has 0 spiro atoms. The Labute approximate surface area is 135 Å². The molecule has 0 saturated carbocycles. The summed E-state index contributed by atoms with van der Waals surface area (Å²) in [5.74, 6) is 0.137. The molecule has 122 valence electrons. The third kappa shape index (κ3) is 4.50. The number of rotatable bonds is 7. The first-order valence-electron chi connectivity index (χ1n) is 7.34. The molecule has 2 aromatic rings. The van der Waals surface area contributed by atoms with Crippen molar-refractivity contribution in [2.24, 2.45) is 0 Å². The SMILES string of the molecule is C=CCOC(C)C(=O)OC(C)c1nnc(-c2ccc(C)cc2)o1. The lowest BCUT2D eigenvalue weighted by atomic mass is 10.1. The van der Waals surface area contributed by atoms with Gasteiger partial charge < -0.3 is 13.9 Å². The second-order valence-corrected chi connectivity index (χ2v) is 5.15. The highest BCUT2D eigenvalue weighted by Gasteiger charge is 2.22. The van der Waals surface area contributed by atoms with Crippen LogP contribution >= 0.6 is 0 Å². The minimum absolute atomic E-state index is 0.241. The van der Waals surface area contributed by atoms with E-state index in [1.54, 1.807) is 19.9 Å². The summed E-state index contributed by atoms with van der Waals surface area (Å²) in [5.41, 5.74) is 1.96. The molecule has 0 aliphatic carbocycles. The van der Waals surface area contributed by atoms with E-state index in [4.69, 9.17) is 13.9 Å². The molecule has 0 aliphatic rings. The molecule has 23 heavy (non-hydrogen) atoms. The van der Waals surface area contributed by atoms with Crippen LogP contribution in [0.3, 0.4) is 0 Å². The predicted molar refractivity (Wildman–Crippen MR) is 84.6 cm³/mol. The first kappa shape index (κ1) is 16.9. The van der Waals surface area contributed by atoms with Crippen LogP contribution in [-0.4, -0.2) is 28.9 Å². The van der Waals surface area contributed by atoms with Gasteiger partial charge >= 0.3 is 5.97 Å². The van der Waals surface area contributed by atoms with Crippen LogP contribution in [0.2, 0.25) is 0 Å². The van der Waals surface area contributed by atoms with E-state index < -0.39 is 18.2 Å². The van der Waals surface area contributed by atoms with Crippen LogP contribution in [0.15, 0.2) is 41.3 Å². The van der Waals surface area contributed by atoms with E-state index >= 15 is 0 Å². The summed E-state index contributed by atoms with van der Waals surface area (Å²) in [6.07, 6.45) is 0.234. The molecular weight excluding hydrogens is 296 g/mol. The lowest BCUT2D eigenvalue weighted by molar-refractivity contribution is -0.161. The Morgan fingerprint density at radius 3 is 2.65 bits per heavy atom. The monoisotopic (exact) mass is 316 g/mol. The predicted octanol–water partition coefficient (Wildman–Crippen LogP) is 3.24. The molecule has 6 nitrogen and oxygen atoms in total. The molecule has 0 radical (unpaired) electrons. The van der Waals surface area contributed by atoms with Crippen LogP contribution in [-0.2, 0) is 14.3 Å². The van der Waals surface area contributed by atoms with E-state index in [1.165, 1.54) is 0 Å². The van der Waals surface area contributed by atoms with Gasteiger partial charge in [-0.15, -0.1) is 16.8 Å². The maximum Gasteiger partial charge on any atom is 0.335 e. The van der Waals surface area contributed by atoms with Crippen molar-refractivity contribution in [2.75, 3.05) is 6.61 Å². The Morgan fingerprint density at radius 2 is 2.00 bits per heavy atom. The molecule has 0 fully saturated rings. The molecule has 0 amide bonds. The summed E-state index contributed by atoms with van der Waals surface area (Å²) >= 11 is 0. The van der Waals surface area contributed by atoms with Crippen molar-refractivity contribution < 1.29 is 18.7 Å². The summed E-state index contributed by atoms with van der Waals surface area (Å²) in [7, 11) is 0. The normalized spacial score (nSPS) is 13.3. The number of carbonyl (C=O) groups excluding carboxylic acids is 1. The lowest BCUT2D eigenvalue weighted by Crippen LogP contribution is -2.24. The van der Waals surface area contributed by atoms with Crippen molar-refractivity contribution in [2.45, 2.75) is 33.0 Å². The maximum atomic E-state index is 11.9. The molecule has 0 bridgehead atoms. The van der Waals surface area contributed by atoms with Gasteiger partial charge in [0.25, 0.3) is 5.89 Å². The number of nitrogens with zero attached hydrogens (tertiary/aromatic N) is 2. The third-order valence-corrected chi connectivity index (χ3v) is 3.18. The molecule has 0 saturated heterocycles. The summed E-state index contributed by atoms with van der Waals surface area (Å²) < 4.78 is 16.1. The van der Waals surface area contributed by atoms with Crippen molar-refractivity contribution in [3.63, 3.8) is 0 Å². The average molecular weight is 316 g/mol. The van der Waals surface area contributed by atoms with Gasteiger partial charge in [0, 0.05) is 5.56 Å². The molecule has 1 heterocycles. The van der Waals surface area contributed by atoms with Gasteiger partial charge in [-0.2, -0.15) is 0 Å². The molecule has 1 aromatic heterocycles. The van der Waals surface area contributed by atoms with Crippen molar-refractivity contribution in [3.8, 4) is 11.5 Å². The molecule has 0 N–H and O–H groups in total. The minimum atomic E-state index is -0.685. The van der Waals surface area contributed by atoms with Crippen molar-refractivity contribution in [3.05, 3.63) is 48.4 Å². The molecule has 0 aliphatic heterocycles. The van der Waals surface area contributed by atoms with Gasteiger partial charge in [-0.1, -0.05) is 23.8 Å². The van der Waals surface area contributed by atoms with Crippen LogP contribution in [0.25, 0.3) is 11.5 Å². The average Bonchev–Trinajstić information content (AvgIpc) is 3.03. The Kier molecular flexibility index (Phi) is 5.65. The van der Waals surface area contributed by atoms with E-state index in [-0.39, 0.29) is 12.5 Å². The Hall–Kier alpha value is -2.47. The summed E-state index contributed by atoms with van der Waals surface area (Å²) in [5, 5.41) is 7.93. The van der Waals surface area contributed by atoms with Crippen LogP contribution in [0.4, 0.5) is 0 Å². The van der Waals surface area contributed by atoms with Gasteiger partial charge in [-0.3, -0.25) is 0 Å². The van der Waals surface area contributed by atoms with Crippen molar-refractivity contribution in [1.82, 2.24) is 10.2 Å². The van der Waals surface area contributed by atoms with E-state index in [0.717, 1.165) is 11.1 Å². The number of aryl methyl sites for hydroxylation is 1. The molecule has 2 atom stereocenters. The maximum absolute atomic E-state index is 11.9. The quantitative estimate of drug-likeness (QED) is 0.576. The minimum Gasteiger partial charge on any atom is -0.451 e. The molecule has 1 aromatic carbocycles. The number of hydrogen-bond donors (Lipinski definition) is 0. The van der Waals surface area contributed by atoms with Crippen LogP contribution in [0.5, 0.6) is 0 Å². The number of benzene rings is 1. The fraction of sp³-hybridized carbons (Fsp3) is 0.353. The fourth-order valence-corrected chi connectivity index (χ4v) is 1.81. The van der Waals surface area contributed by atoms with Gasteiger partial charge in [-0.25, -0.2) is 4.79 Å². The van der Waals surface area contributed by atoms with Gasteiger partial charge in [0.05, 0.1) is 6.61 Å². The number of esters is 1. The molecule has 2 unspecified atom stereocenters. The smallest absolute Gasteiger partial charge is 0.335 e. The van der Waals surface area contributed by atoms with Crippen molar-refractivity contribution >= 4 is 5.97 Å². The number of ether oxygens (including phenoxy) is 2. The number of aromatic nitrogens is 2. The van der Waals surface area contributed by atoms with Crippen LogP contribution < -0.4 is 0 Å². The highest BCUT2D eigenvalue weighted by molar-refractivity contribution is 5.74. The second-order valence-electron chi connectivity index (χ2n) is 5.15. The first-order valence-corrected chi connectivity index (χ1v) is 7.34. The number of hydrogen-bond acceptors (Lipinski definition) is 6. The lowest BCUT2D eigenvalue weighted by Gasteiger charge is -2.14. The Bertz CT molecular complexity index is 663. The zero-order chi connectivity index (χ0) is 16.8. The topological polar surface area (TPSA) is 74.5 Å². The van der Waals surface area contributed by atoms with Crippen LogP contribution in [0, 0.1) is 6.92 Å². The summed E-state index contributed by atoms with van der Waals surface area (Å²) in [6.45, 7) is 9.09. The third-order valence-electron chi connectivity index (χ3n) is 3.18. The van der Waals surface area contributed by atoms with E-state index in [0.29, 0.717) is 5.89 Å². The van der Waals surface area contributed by atoms with E-state index in [1.807, 2.05) is 31.2 Å². The van der Waals surface area contributed by atoms with Gasteiger partial charge in [0.1, 0.15) is 0 Å². The van der Waals surface area contributed by atoms with E-state index in [2.05, 4.69) is 16.8 Å². The zero-order valence-corrected chi connectivity index (χ0v) is 13.5. The summed E-state index contributed by atoms with van der Waals surface area (Å²) in [6, 6.07) is 7.71. The standard InChI is InChI=1S/C17H20N2O4/c1-5-10-21-13(4)17(20)22-12(3)15-18-19-16(23-15)14-8-6-11(2)7-9-14/h5-9,12-13H,1,10H2,2-4H3. The van der Waals surface area contributed by atoms with Crippen LogP contribution in [0.1, 0.15) is 31.4 Å². The zero-order valence-electron chi connectivity index (χ0n) is 13.5. The largest absolute Gasteiger partial charge is 0.451 e. The van der Waals surface area contributed by atoms with Gasteiger partial charge in [0.15, 0.2) is 12.2 Å². The summed E-state index contributed by atoms with van der Waals surface area (Å²) in [4.78, 5) is 11.9. The number of carbonyl (C=O) groups is 1. The van der Waals surface area contributed by atoms with E-state index in [9.17, 15) is 4.79 Å². The highest BCUT2D eigenvalue weighted by Crippen LogP contribution is 2.23. The fourth-order valence-electron chi connectivity index (χ4n) is 1.81.